The quantitative estimate of drug-likeness (QED) is 0.403. The van der Waals surface area contributed by atoms with Gasteiger partial charge in [0.1, 0.15) is 5.75 Å². The van der Waals surface area contributed by atoms with Crippen molar-refractivity contribution in [2.24, 2.45) is 5.10 Å². The molecule has 0 saturated carbocycles. The smallest absolute Gasteiger partial charge is 0.280 e. The van der Waals surface area contributed by atoms with Crippen LogP contribution >= 0.6 is 46.4 Å². The topological polar surface area (TPSA) is 79.8 Å². The molecule has 0 unspecified atom stereocenters. The van der Waals surface area contributed by atoms with Gasteiger partial charge in [0.15, 0.2) is 6.10 Å². The van der Waals surface area contributed by atoms with Crippen molar-refractivity contribution in [3.63, 3.8) is 0 Å². The number of nitrogens with zero attached hydrogens (tertiary/aromatic N) is 1. The molecule has 0 heterocycles. The van der Waals surface area contributed by atoms with Crippen LogP contribution in [0, 0.1) is 0 Å². The zero-order valence-electron chi connectivity index (χ0n) is 15.4. The lowest BCUT2D eigenvalue weighted by Crippen LogP contribution is -2.34. The first-order valence-electron chi connectivity index (χ1n) is 8.34. The maximum absolute atomic E-state index is 12.1. The predicted octanol–water partition coefficient (Wildman–Crippen LogP) is 5.59. The number of ether oxygens (including phenoxy) is 1. The Morgan fingerprint density at radius 3 is 2.31 bits per heavy atom. The van der Waals surface area contributed by atoms with Crippen molar-refractivity contribution in [2.45, 2.75) is 26.4 Å². The normalized spacial score (nSPS) is 12.3. The van der Waals surface area contributed by atoms with Gasteiger partial charge >= 0.3 is 0 Å². The minimum atomic E-state index is -0.868. The summed E-state index contributed by atoms with van der Waals surface area (Å²) < 4.78 is 5.50. The molecule has 2 rings (SSSR count). The zero-order chi connectivity index (χ0) is 21.6. The lowest BCUT2D eigenvalue weighted by atomic mass is 10.2. The lowest BCUT2D eigenvalue weighted by Gasteiger charge is -2.14. The summed E-state index contributed by atoms with van der Waals surface area (Å²) in [7, 11) is 0. The first kappa shape index (κ1) is 23.3. The summed E-state index contributed by atoms with van der Waals surface area (Å²) in [6, 6.07) is 9.37. The van der Waals surface area contributed by atoms with Gasteiger partial charge in [0, 0.05) is 26.5 Å². The summed E-state index contributed by atoms with van der Waals surface area (Å²) in [4.78, 5) is 24.2. The molecule has 0 radical (unpaired) electrons. The van der Waals surface area contributed by atoms with Gasteiger partial charge in [0.05, 0.1) is 11.4 Å². The van der Waals surface area contributed by atoms with E-state index in [9.17, 15) is 9.59 Å². The molecule has 0 aromatic heterocycles. The van der Waals surface area contributed by atoms with Crippen LogP contribution in [0.1, 0.15) is 20.3 Å². The van der Waals surface area contributed by atoms with Crippen LogP contribution in [0.3, 0.4) is 0 Å². The van der Waals surface area contributed by atoms with Crippen LogP contribution in [-0.4, -0.2) is 23.6 Å². The number of hydrazone groups is 1. The van der Waals surface area contributed by atoms with E-state index in [1.807, 2.05) is 0 Å². The van der Waals surface area contributed by atoms with Crippen molar-refractivity contribution in [2.75, 3.05) is 5.32 Å². The minimum absolute atomic E-state index is 0.0390. The second-order valence-corrected chi connectivity index (χ2v) is 7.76. The van der Waals surface area contributed by atoms with Gasteiger partial charge in [0.25, 0.3) is 5.91 Å². The van der Waals surface area contributed by atoms with Crippen molar-refractivity contribution >= 4 is 69.6 Å². The van der Waals surface area contributed by atoms with Crippen LogP contribution in [0.4, 0.5) is 5.69 Å². The van der Waals surface area contributed by atoms with Crippen LogP contribution in [0.25, 0.3) is 0 Å². The summed E-state index contributed by atoms with van der Waals surface area (Å²) in [5.41, 5.74) is 3.21. The van der Waals surface area contributed by atoms with E-state index in [2.05, 4.69) is 15.8 Å². The standard InChI is InChI=1S/C19H17Cl4N3O3/c1-10(5-18(27)24-15-7-13(21)6-14(22)8-15)25-26-19(28)11(2)29-17-4-3-12(20)9-16(17)23/h3-4,6-9,11H,5H2,1-2H3,(H,24,27)(H,26,28)/b25-10-/t11-/m0/s1. The Bertz CT molecular complexity index is 930. The van der Waals surface area contributed by atoms with Crippen molar-refractivity contribution in [1.82, 2.24) is 5.43 Å². The van der Waals surface area contributed by atoms with Crippen LogP contribution < -0.4 is 15.5 Å². The highest BCUT2D eigenvalue weighted by Crippen LogP contribution is 2.28. The second-order valence-electron chi connectivity index (χ2n) is 6.04. The fourth-order valence-electron chi connectivity index (χ4n) is 2.16. The van der Waals surface area contributed by atoms with Crippen LogP contribution in [0.2, 0.25) is 20.1 Å². The van der Waals surface area contributed by atoms with Gasteiger partial charge in [-0.3, -0.25) is 9.59 Å². The molecule has 2 amide bonds. The van der Waals surface area contributed by atoms with Gasteiger partial charge in [0.2, 0.25) is 5.91 Å². The summed E-state index contributed by atoms with van der Waals surface area (Å²) >= 11 is 23.6. The Balaban J connectivity index is 1.87. The number of benzene rings is 2. The van der Waals surface area contributed by atoms with E-state index < -0.39 is 12.0 Å². The fourth-order valence-corrected chi connectivity index (χ4v) is 3.14. The number of hydrogen-bond donors (Lipinski definition) is 2. The Hall–Kier alpha value is -1.99. The van der Waals surface area contributed by atoms with Crippen LogP contribution in [-0.2, 0) is 9.59 Å². The first-order chi connectivity index (χ1) is 13.6. The molecular weight excluding hydrogens is 460 g/mol. The zero-order valence-corrected chi connectivity index (χ0v) is 18.5. The minimum Gasteiger partial charge on any atom is -0.479 e. The number of carbonyl (C=O) groups is 2. The monoisotopic (exact) mass is 475 g/mol. The highest BCUT2D eigenvalue weighted by molar-refractivity contribution is 6.36. The van der Waals surface area contributed by atoms with Crippen LogP contribution in [0.15, 0.2) is 41.5 Å². The molecule has 6 nitrogen and oxygen atoms in total. The average molecular weight is 477 g/mol. The number of nitrogens with one attached hydrogen (secondary N) is 2. The summed E-state index contributed by atoms with van der Waals surface area (Å²) in [5, 5.41) is 8.12. The molecule has 2 N–H and O–H groups in total. The molecule has 2 aromatic rings. The van der Waals surface area contributed by atoms with E-state index in [1.165, 1.54) is 6.07 Å². The molecule has 0 aliphatic carbocycles. The summed E-state index contributed by atoms with van der Waals surface area (Å²) in [5.74, 6) is -0.521. The van der Waals surface area contributed by atoms with Gasteiger partial charge < -0.3 is 10.1 Å². The Kier molecular flexibility index (Phi) is 8.59. The Morgan fingerprint density at radius 2 is 1.69 bits per heavy atom. The molecule has 0 spiro atoms. The molecule has 29 heavy (non-hydrogen) atoms. The van der Waals surface area contributed by atoms with Gasteiger partial charge in [-0.05, 0) is 50.2 Å². The molecule has 10 heteroatoms. The number of amides is 2. The van der Waals surface area contributed by atoms with E-state index in [4.69, 9.17) is 51.1 Å². The first-order valence-corrected chi connectivity index (χ1v) is 9.86. The van der Waals surface area contributed by atoms with E-state index in [0.29, 0.717) is 32.2 Å². The molecule has 0 saturated heterocycles. The molecule has 0 fully saturated rings. The largest absolute Gasteiger partial charge is 0.479 e. The van der Waals surface area contributed by atoms with Crippen molar-refractivity contribution in [1.29, 1.82) is 0 Å². The molecule has 0 aliphatic rings. The molecule has 0 aliphatic heterocycles. The lowest BCUT2D eigenvalue weighted by molar-refractivity contribution is -0.127. The van der Waals surface area contributed by atoms with Crippen molar-refractivity contribution < 1.29 is 14.3 Å². The van der Waals surface area contributed by atoms with Gasteiger partial charge in [-0.25, -0.2) is 5.43 Å². The van der Waals surface area contributed by atoms with Crippen LogP contribution in [0.5, 0.6) is 5.75 Å². The molecule has 1 atom stereocenters. The van der Waals surface area contributed by atoms with E-state index in [1.54, 1.807) is 44.2 Å². The summed E-state index contributed by atoms with van der Waals surface area (Å²) in [6.07, 6.45) is -0.907. The number of halogens is 4. The third-order valence-electron chi connectivity index (χ3n) is 3.49. The highest BCUT2D eigenvalue weighted by Gasteiger charge is 2.16. The molecular formula is C19H17Cl4N3O3. The third-order valence-corrected chi connectivity index (χ3v) is 4.45. The second kappa shape index (κ2) is 10.7. The SMILES string of the molecule is C/C(CC(=O)Nc1cc(Cl)cc(Cl)c1)=N/NC(=O)[C@H](C)Oc1ccc(Cl)cc1Cl. The molecule has 0 bridgehead atoms. The van der Waals surface area contributed by atoms with Gasteiger partial charge in [-0.1, -0.05) is 46.4 Å². The fraction of sp³-hybridized carbons (Fsp3) is 0.211. The predicted molar refractivity (Wildman–Crippen MR) is 118 cm³/mol. The third kappa shape index (κ3) is 7.74. The van der Waals surface area contributed by atoms with E-state index >= 15 is 0 Å². The Labute approximate surface area is 188 Å². The average Bonchev–Trinajstić information content (AvgIpc) is 2.60. The summed E-state index contributed by atoms with van der Waals surface area (Å²) in [6.45, 7) is 3.15. The molecule has 154 valence electrons. The Morgan fingerprint density at radius 1 is 1.03 bits per heavy atom. The maximum atomic E-state index is 12.1. The number of rotatable bonds is 7. The number of carbonyl (C=O) groups excluding carboxylic acids is 2. The molecule has 2 aromatic carbocycles. The van der Waals surface area contributed by atoms with E-state index in [0.717, 1.165) is 0 Å². The highest BCUT2D eigenvalue weighted by atomic mass is 35.5. The number of hydrogen-bond acceptors (Lipinski definition) is 4. The van der Waals surface area contributed by atoms with Gasteiger partial charge in [-0.15, -0.1) is 0 Å². The van der Waals surface area contributed by atoms with Gasteiger partial charge in [-0.2, -0.15) is 5.10 Å². The van der Waals surface area contributed by atoms with E-state index in [-0.39, 0.29) is 17.4 Å². The van der Waals surface area contributed by atoms with Crippen molar-refractivity contribution in [3.8, 4) is 5.75 Å². The maximum Gasteiger partial charge on any atom is 0.280 e. The van der Waals surface area contributed by atoms with Crippen molar-refractivity contribution in [3.05, 3.63) is 56.5 Å². The number of anilines is 1.